The molecule has 0 saturated carbocycles. The molecule has 126 valence electrons. The molecule has 0 fully saturated rings. The number of hydrogen-bond acceptors (Lipinski definition) is 4. The summed E-state index contributed by atoms with van der Waals surface area (Å²) in [6, 6.07) is 9.89. The van der Waals surface area contributed by atoms with Crippen LogP contribution in [0, 0.1) is 12.7 Å². The molecule has 0 unspecified atom stereocenters. The number of amides is 1. The van der Waals surface area contributed by atoms with Crippen molar-refractivity contribution in [2.24, 2.45) is 0 Å². The highest BCUT2D eigenvalue weighted by Gasteiger charge is 2.14. The molecule has 1 aromatic heterocycles. The highest BCUT2D eigenvalue weighted by molar-refractivity contribution is 6.05. The summed E-state index contributed by atoms with van der Waals surface area (Å²) in [5, 5.41) is 6.08. The van der Waals surface area contributed by atoms with E-state index >= 15 is 0 Å². The Labute approximate surface area is 143 Å². The molecule has 2 aromatic carbocycles. The molecule has 1 amide bonds. The van der Waals surface area contributed by atoms with Crippen LogP contribution in [0.5, 0.6) is 0 Å². The quantitative estimate of drug-likeness (QED) is 0.766. The Morgan fingerprint density at radius 3 is 2.84 bits per heavy atom. The number of carbonyl (C=O) groups excluding carboxylic acids is 1. The van der Waals surface area contributed by atoms with Gasteiger partial charge in [-0.2, -0.15) is 0 Å². The van der Waals surface area contributed by atoms with Crippen molar-refractivity contribution in [3.63, 3.8) is 0 Å². The van der Waals surface area contributed by atoms with Crippen LogP contribution in [-0.2, 0) is 13.1 Å². The minimum Gasteiger partial charge on any atom is -0.441 e. The number of oxazole rings is 1. The van der Waals surface area contributed by atoms with Gasteiger partial charge in [0.05, 0.1) is 6.20 Å². The molecule has 0 atom stereocenters. The summed E-state index contributed by atoms with van der Waals surface area (Å²) in [6.45, 7) is 3.33. The molecule has 6 heteroatoms. The van der Waals surface area contributed by atoms with E-state index in [9.17, 15) is 9.18 Å². The Hall–Kier alpha value is -2.99. The van der Waals surface area contributed by atoms with Crippen LogP contribution in [-0.4, -0.2) is 10.9 Å². The van der Waals surface area contributed by atoms with Crippen LogP contribution in [0.1, 0.15) is 27.4 Å². The third-order valence-corrected chi connectivity index (χ3v) is 4.16. The number of hydrogen-bond donors (Lipinski definition) is 2. The van der Waals surface area contributed by atoms with Gasteiger partial charge in [0.1, 0.15) is 5.82 Å². The van der Waals surface area contributed by atoms with Crippen LogP contribution in [0.4, 0.5) is 10.1 Å². The first-order chi connectivity index (χ1) is 12.1. The summed E-state index contributed by atoms with van der Waals surface area (Å²) in [6.07, 6.45) is 1.51. The van der Waals surface area contributed by atoms with Crippen LogP contribution in [0.15, 0.2) is 47.0 Å². The zero-order valence-electron chi connectivity index (χ0n) is 13.6. The fourth-order valence-corrected chi connectivity index (χ4v) is 2.93. The molecule has 0 spiro atoms. The minimum absolute atomic E-state index is 0.225. The Balaban J connectivity index is 1.60. The zero-order chi connectivity index (χ0) is 17.4. The fourth-order valence-electron chi connectivity index (χ4n) is 2.93. The van der Waals surface area contributed by atoms with Gasteiger partial charge in [-0.25, -0.2) is 9.37 Å². The van der Waals surface area contributed by atoms with Gasteiger partial charge in [0.15, 0.2) is 11.7 Å². The third kappa shape index (κ3) is 3.16. The number of aromatic nitrogens is 1. The lowest BCUT2D eigenvalue weighted by Crippen LogP contribution is -2.12. The number of carbonyl (C=O) groups is 1. The van der Waals surface area contributed by atoms with E-state index in [0.717, 1.165) is 18.7 Å². The maximum Gasteiger partial charge on any atom is 0.255 e. The van der Waals surface area contributed by atoms with Gasteiger partial charge < -0.3 is 15.1 Å². The summed E-state index contributed by atoms with van der Waals surface area (Å²) in [7, 11) is 0. The molecule has 1 aliphatic heterocycles. The van der Waals surface area contributed by atoms with Crippen molar-refractivity contribution >= 4 is 11.6 Å². The summed E-state index contributed by atoms with van der Waals surface area (Å²) >= 11 is 0. The number of nitrogens with zero attached hydrogens (tertiary/aromatic N) is 1. The summed E-state index contributed by atoms with van der Waals surface area (Å²) in [4.78, 5) is 16.5. The number of anilines is 1. The van der Waals surface area contributed by atoms with E-state index in [-0.39, 0.29) is 11.5 Å². The number of halogens is 1. The molecule has 2 heterocycles. The van der Waals surface area contributed by atoms with E-state index in [0.29, 0.717) is 22.9 Å². The van der Waals surface area contributed by atoms with Crippen molar-refractivity contribution in [2.45, 2.75) is 20.0 Å². The van der Waals surface area contributed by atoms with Gasteiger partial charge in [-0.15, -0.1) is 0 Å². The first-order valence-electron chi connectivity index (χ1n) is 7.96. The van der Waals surface area contributed by atoms with Gasteiger partial charge in [0.2, 0.25) is 0 Å². The van der Waals surface area contributed by atoms with Crippen LogP contribution in [0.3, 0.4) is 0 Å². The molecule has 25 heavy (non-hydrogen) atoms. The summed E-state index contributed by atoms with van der Waals surface area (Å²) in [5.74, 6) is 0.0319. The lowest BCUT2D eigenvalue weighted by Gasteiger charge is -2.08. The van der Waals surface area contributed by atoms with Gasteiger partial charge in [-0.05, 0) is 41.5 Å². The van der Waals surface area contributed by atoms with Crippen LogP contribution in [0.25, 0.3) is 11.3 Å². The van der Waals surface area contributed by atoms with Crippen LogP contribution < -0.4 is 10.6 Å². The molecular weight excluding hydrogens is 321 g/mol. The highest BCUT2D eigenvalue weighted by atomic mass is 19.1. The number of aryl methyl sites for hydroxylation is 1. The third-order valence-electron chi connectivity index (χ3n) is 4.16. The second kappa shape index (κ2) is 6.14. The van der Waals surface area contributed by atoms with Crippen molar-refractivity contribution in [3.05, 3.63) is 71.0 Å². The maximum atomic E-state index is 13.9. The van der Waals surface area contributed by atoms with E-state index < -0.39 is 5.82 Å². The average molecular weight is 337 g/mol. The Morgan fingerprint density at radius 1 is 1.20 bits per heavy atom. The van der Waals surface area contributed by atoms with Crippen molar-refractivity contribution in [1.82, 2.24) is 10.3 Å². The van der Waals surface area contributed by atoms with E-state index in [1.807, 2.05) is 18.2 Å². The Kier molecular flexibility index (Phi) is 3.82. The number of benzene rings is 2. The summed E-state index contributed by atoms with van der Waals surface area (Å²) < 4.78 is 19.4. The molecule has 4 rings (SSSR count). The van der Waals surface area contributed by atoms with E-state index in [2.05, 4.69) is 15.6 Å². The SMILES string of the molecule is Cc1ncc(-c2cc(F)cc(C(=O)Nc3ccc4c(c3)CNC4)c2)o1. The van der Waals surface area contributed by atoms with E-state index in [1.54, 1.807) is 13.0 Å². The Bertz CT molecular complexity index is 965. The summed E-state index contributed by atoms with van der Waals surface area (Å²) in [5.41, 5.74) is 3.78. The molecular formula is C19H16FN3O2. The van der Waals surface area contributed by atoms with Gasteiger partial charge in [0, 0.05) is 36.8 Å². The smallest absolute Gasteiger partial charge is 0.255 e. The topological polar surface area (TPSA) is 67.2 Å². The lowest BCUT2D eigenvalue weighted by atomic mass is 10.1. The van der Waals surface area contributed by atoms with Crippen molar-refractivity contribution in [1.29, 1.82) is 0 Å². The van der Waals surface area contributed by atoms with E-state index in [1.165, 1.54) is 23.9 Å². The molecule has 0 aliphatic carbocycles. The molecule has 0 radical (unpaired) electrons. The van der Waals surface area contributed by atoms with Crippen LogP contribution in [0.2, 0.25) is 0 Å². The zero-order valence-corrected chi connectivity index (χ0v) is 13.6. The van der Waals surface area contributed by atoms with Gasteiger partial charge in [-0.3, -0.25) is 4.79 Å². The molecule has 2 N–H and O–H groups in total. The average Bonchev–Trinajstić information content (AvgIpc) is 3.22. The highest BCUT2D eigenvalue weighted by Crippen LogP contribution is 2.24. The monoisotopic (exact) mass is 337 g/mol. The second-order valence-corrected chi connectivity index (χ2v) is 6.01. The molecule has 1 aliphatic rings. The van der Waals surface area contributed by atoms with Gasteiger partial charge in [-0.1, -0.05) is 6.07 Å². The molecule has 3 aromatic rings. The lowest BCUT2D eigenvalue weighted by molar-refractivity contribution is 0.102. The van der Waals surface area contributed by atoms with Crippen LogP contribution >= 0.6 is 0 Å². The maximum absolute atomic E-state index is 13.9. The predicted molar refractivity (Wildman–Crippen MR) is 91.6 cm³/mol. The first kappa shape index (κ1) is 15.5. The largest absolute Gasteiger partial charge is 0.441 e. The van der Waals surface area contributed by atoms with Crippen molar-refractivity contribution in [2.75, 3.05) is 5.32 Å². The first-order valence-corrected chi connectivity index (χ1v) is 7.96. The van der Waals surface area contributed by atoms with Gasteiger partial charge >= 0.3 is 0 Å². The standard InChI is InChI=1S/C19H16FN3O2/c1-11-22-10-18(25-11)13-4-14(6-16(20)5-13)19(24)23-17-3-2-12-8-21-9-15(12)7-17/h2-7,10,21H,8-9H2,1H3,(H,23,24). The van der Waals surface area contributed by atoms with E-state index in [4.69, 9.17) is 4.42 Å². The second-order valence-electron chi connectivity index (χ2n) is 6.01. The number of nitrogens with one attached hydrogen (secondary N) is 2. The Morgan fingerprint density at radius 2 is 2.04 bits per heavy atom. The molecule has 5 nitrogen and oxygen atoms in total. The molecule has 0 saturated heterocycles. The predicted octanol–water partition coefficient (Wildman–Crippen LogP) is 3.64. The van der Waals surface area contributed by atoms with Gasteiger partial charge in [0.25, 0.3) is 5.91 Å². The molecule has 0 bridgehead atoms. The van der Waals surface area contributed by atoms with Crippen molar-refractivity contribution in [3.8, 4) is 11.3 Å². The normalized spacial score (nSPS) is 12.9. The number of fused-ring (bicyclic) bond motifs is 1. The fraction of sp³-hybridized carbons (Fsp3) is 0.158. The number of rotatable bonds is 3. The van der Waals surface area contributed by atoms with Crippen molar-refractivity contribution < 1.29 is 13.6 Å². The minimum atomic E-state index is -0.505.